The van der Waals surface area contributed by atoms with Crippen molar-refractivity contribution >= 4 is 26.8 Å². The predicted molar refractivity (Wildman–Crippen MR) is 92.2 cm³/mol. The molecular formula is C18H14O7S. The van der Waals surface area contributed by atoms with Crippen LogP contribution in [0, 0.1) is 6.92 Å². The first kappa shape index (κ1) is 17.7. The van der Waals surface area contributed by atoms with Crippen molar-refractivity contribution in [3.05, 3.63) is 64.5 Å². The minimum atomic E-state index is -4.02. The molecule has 26 heavy (non-hydrogen) atoms. The lowest BCUT2D eigenvalue weighted by Crippen LogP contribution is -2.15. The maximum atomic E-state index is 12.7. The van der Waals surface area contributed by atoms with E-state index in [9.17, 15) is 18.0 Å². The fourth-order valence-electron chi connectivity index (χ4n) is 2.36. The molecule has 0 spiro atoms. The largest absolute Gasteiger partial charge is 0.482 e. The molecule has 8 heteroatoms. The number of benzene rings is 2. The highest BCUT2D eigenvalue weighted by Gasteiger charge is 2.23. The number of fused-ring (bicyclic) bond motifs is 1. The van der Waals surface area contributed by atoms with Crippen molar-refractivity contribution in [1.82, 2.24) is 0 Å². The number of sulfone groups is 1. The van der Waals surface area contributed by atoms with Gasteiger partial charge in [0.25, 0.3) is 0 Å². The Labute approximate surface area is 148 Å². The summed E-state index contributed by atoms with van der Waals surface area (Å²) in [6.45, 7) is 1.28. The van der Waals surface area contributed by atoms with Crippen LogP contribution in [0.3, 0.4) is 0 Å². The minimum absolute atomic E-state index is 0.00355. The molecule has 3 aromatic rings. The number of hydrogen-bond donors (Lipinski definition) is 1. The highest BCUT2D eigenvalue weighted by Crippen LogP contribution is 2.23. The van der Waals surface area contributed by atoms with Crippen LogP contribution >= 0.6 is 0 Å². The van der Waals surface area contributed by atoms with E-state index in [0.29, 0.717) is 0 Å². The third-order valence-corrected chi connectivity index (χ3v) is 5.45. The Bertz CT molecular complexity index is 1140. The molecule has 7 nitrogen and oxygen atoms in total. The number of hydrogen-bond acceptors (Lipinski definition) is 6. The van der Waals surface area contributed by atoms with E-state index in [1.54, 1.807) is 12.1 Å². The summed E-state index contributed by atoms with van der Waals surface area (Å²) in [5.41, 5.74) is 0.292. The smallest absolute Gasteiger partial charge is 0.341 e. The molecule has 134 valence electrons. The third kappa shape index (κ3) is 3.31. The van der Waals surface area contributed by atoms with Gasteiger partial charge in [-0.05, 0) is 31.2 Å². The Balaban J connectivity index is 2.07. The van der Waals surface area contributed by atoms with Gasteiger partial charge >= 0.3 is 5.97 Å². The van der Waals surface area contributed by atoms with E-state index in [0.717, 1.165) is 11.8 Å². The maximum Gasteiger partial charge on any atom is 0.341 e. The van der Waals surface area contributed by atoms with Gasteiger partial charge in [0.2, 0.25) is 15.3 Å². The lowest BCUT2D eigenvalue weighted by atomic mass is 10.2. The van der Waals surface area contributed by atoms with Crippen molar-refractivity contribution in [2.45, 2.75) is 16.7 Å². The Morgan fingerprint density at radius 3 is 2.50 bits per heavy atom. The SMILES string of the molecule is Cc1ccc(S(=O)(=O)c2coc3cc(OCC(=O)O)ccc3c2=O)cc1. The van der Waals surface area contributed by atoms with Crippen molar-refractivity contribution in [3.8, 4) is 5.75 Å². The molecule has 0 aliphatic heterocycles. The summed E-state index contributed by atoms with van der Waals surface area (Å²) in [5.74, 6) is -0.955. The van der Waals surface area contributed by atoms with Crippen LogP contribution in [0.2, 0.25) is 0 Å². The number of aliphatic carboxylic acids is 1. The lowest BCUT2D eigenvalue weighted by molar-refractivity contribution is -0.139. The molecule has 0 aliphatic rings. The molecule has 0 aliphatic carbocycles. The summed E-state index contributed by atoms with van der Waals surface area (Å²) in [6.07, 6.45) is 0.890. The van der Waals surface area contributed by atoms with Crippen LogP contribution in [0.25, 0.3) is 11.0 Å². The number of carboxylic acids is 1. The molecular weight excluding hydrogens is 360 g/mol. The maximum absolute atomic E-state index is 12.7. The zero-order valence-electron chi connectivity index (χ0n) is 13.6. The lowest BCUT2D eigenvalue weighted by Gasteiger charge is -2.07. The van der Waals surface area contributed by atoms with Crippen LogP contribution in [-0.2, 0) is 14.6 Å². The van der Waals surface area contributed by atoms with Gasteiger partial charge in [-0.1, -0.05) is 17.7 Å². The van der Waals surface area contributed by atoms with Gasteiger partial charge in [-0.2, -0.15) is 0 Å². The summed E-state index contributed by atoms with van der Waals surface area (Å²) in [5, 5.41) is 8.67. The highest BCUT2D eigenvalue weighted by molar-refractivity contribution is 7.91. The second kappa shape index (κ2) is 6.64. The van der Waals surface area contributed by atoms with E-state index in [2.05, 4.69) is 0 Å². The number of aryl methyl sites for hydroxylation is 1. The average Bonchev–Trinajstić information content (AvgIpc) is 2.60. The molecule has 0 radical (unpaired) electrons. The highest BCUT2D eigenvalue weighted by atomic mass is 32.2. The van der Waals surface area contributed by atoms with E-state index < -0.39 is 32.7 Å². The normalized spacial score (nSPS) is 11.4. The first-order valence-electron chi connectivity index (χ1n) is 7.51. The molecule has 0 bridgehead atoms. The van der Waals surface area contributed by atoms with Gasteiger partial charge in [0.05, 0.1) is 10.3 Å². The molecule has 0 atom stereocenters. The van der Waals surface area contributed by atoms with Crippen LogP contribution in [0.1, 0.15) is 5.56 Å². The molecule has 2 aromatic carbocycles. The van der Waals surface area contributed by atoms with Crippen LogP contribution in [0.4, 0.5) is 0 Å². The van der Waals surface area contributed by atoms with Gasteiger partial charge in [0.1, 0.15) is 17.6 Å². The molecule has 0 saturated carbocycles. The van der Waals surface area contributed by atoms with E-state index in [1.165, 1.54) is 30.3 Å². The van der Waals surface area contributed by atoms with Crippen LogP contribution in [0.15, 0.2) is 67.7 Å². The summed E-state index contributed by atoms with van der Waals surface area (Å²) < 4.78 is 35.7. The predicted octanol–water partition coefficient (Wildman–Crippen LogP) is 2.40. The molecule has 0 amide bonds. The Morgan fingerprint density at radius 2 is 1.85 bits per heavy atom. The van der Waals surface area contributed by atoms with Crippen molar-refractivity contribution < 1.29 is 27.5 Å². The molecule has 0 fully saturated rings. The third-order valence-electron chi connectivity index (χ3n) is 3.70. The molecule has 0 saturated heterocycles. The van der Waals surface area contributed by atoms with E-state index in [4.69, 9.17) is 14.3 Å². The molecule has 1 N–H and O–H groups in total. The molecule has 0 unspecified atom stereocenters. The number of carbonyl (C=O) groups is 1. The van der Waals surface area contributed by atoms with Gasteiger partial charge in [-0.15, -0.1) is 0 Å². The zero-order valence-corrected chi connectivity index (χ0v) is 14.4. The van der Waals surface area contributed by atoms with Gasteiger partial charge in [0.15, 0.2) is 11.5 Å². The minimum Gasteiger partial charge on any atom is -0.482 e. The first-order valence-corrected chi connectivity index (χ1v) is 8.99. The fraction of sp³-hybridized carbons (Fsp3) is 0.111. The Morgan fingerprint density at radius 1 is 1.15 bits per heavy atom. The average molecular weight is 374 g/mol. The van der Waals surface area contributed by atoms with Crippen LogP contribution in [0.5, 0.6) is 5.75 Å². The summed E-state index contributed by atoms with van der Waals surface area (Å²) in [6, 6.07) is 10.2. The quantitative estimate of drug-likeness (QED) is 0.730. The standard InChI is InChI=1S/C18H14O7S/c1-11-2-5-13(6-3-11)26(22,23)16-9-25-15-8-12(24-10-17(19)20)4-7-14(15)18(16)21/h2-9H,10H2,1H3,(H,19,20). The van der Waals surface area contributed by atoms with Crippen molar-refractivity contribution in [2.75, 3.05) is 6.61 Å². The number of carboxylic acid groups (broad SMARTS) is 1. The first-order chi connectivity index (χ1) is 12.3. The van der Waals surface area contributed by atoms with Gasteiger partial charge < -0.3 is 14.3 Å². The van der Waals surface area contributed by atoms with Gasteiger partial charge in [0, 0.05) is 6.07 Å². The Hall–Kier alpha value is -3.13. The van der Waals surface area contributed by atoms with Crippen molar-refractivity contribution in [2.24, 2.45) is 0 Å². The topological polar surface area (TPSA) is 111 Å². The van der Waals surface area contributed by atoms with E-state index >= 15 is 0 Å². The second-order valence-corrected chi connectivity index (χ2v) is 7.50. The van der Waals surface area contributed by atoms with Crippen LogP contribution in [-0.4, -0.2) is 26.1 Å². The number of rotatable bonds is 5. The van der Waals surface area contributed by atoms with Gasteiger partial charge in [-0.3, -0.25) is 4.79 Å². The van der Waals surface area contributed by atoms with Crippen molar-refractivity contribution in [3.63, 3.8) is 0 Å². The van der Waals surface area contributed by atoms with E-state index in [-0.39, 0.29) is 21.6 Å². The van der Waals surface area contributed by atoms with Crippen molar-refractivity contribution in [1.29, 1.82) is 0 Å². The number of ether oxygens (including phenoxy) is 1. The summed E-state index contributed by atoms with van der Waals surface area (Å²) in [7, 11) is -4.02. The monoisotopic (exact) mass is 374 g/mol. The van der Waals surface area contributed by atoms with Gasteiger partial charge in [-0.25, -0.2) is 13.2 Å². The molecule has 1 heterocycles. The molecule has 1 aromatic heterocycles. The Kier molecular flexibility index (Phi) is 4.52. The second-order valence-electron chi connectivity index (χ2n) is 5.59. The molecule has 3 rings (SSSR count). The summed E-state index contributed by atoms with van der Waals surface area (Å²) >= 11 is 0. The zero-order chi connectivity index (χ0) is 18.9. The fourth-order valence-corrected chi connectivity index (χ4v) is 3.63. The van der Waals surface area contributed by atoms with E-state index in [1.807, 2.05) is 6.92 Å². The summed E-state index contributed by atoms with van der Waals surface area (Å²) in [4.78, 5) is 22.7. The van der Waals surface area contributed by atoms with Crippen LogP contribution < -0.4 is 10.2 Å².